The first-order chi connectivity index (χ1) is 16.0. The molecular weight excluding hydrogens is 453 g/mol. The second-order valence-corrected chi connectivity index (χ2v) is 10.1. The van der Waals surface area contributed by atoms with E-state index in [-0.39, 0.29) is 6.04 Å². The normalized spacial score (nSPS) is 19.0. The molecule has 2 saturated heterocycles. The minimum Gasteiger partial charge on any atom is -0.371 e. The van der Waals surface area contributed by atoms with Crippen molar-refractivity contribution in [3.05, 3.63) is 57.7 Å². The third-order valence-electron chi connectivity index (χ3n) is 7.31. The summed E-state index contributed by atoms with van der Waals surface area (Å²) in [7, 11) is 0. The SMILES string of the molecule is CC(c1ccc(Cl)cc1Cl)n1nc(C#N)c2ccc(N3CCC(N4CCCCC4)CC3)cc21. The molecule has 5 nitrogen and oxygen atoms in total. The zero-order chi connectivity index (χ0) is 22.9. The van der Waals surface area contributed by atoms with Crippen molar-refractivity contribution < 1.29 is 0 Å². The quantitative estimate of drug-likeness (QED) is 0.439. The molecular formula is C26H29Cl2N5. The Balaban J connectivity index is 1.42. The standard InChI is InChI=1S/C26H29Cl2N5/c1-18(22-7-5-19(27)15-24(22)28)33-26-16-21(6-8-23(26)25(17-29)30-33)32-13-9-20(10-14-32)31-11-3-2-4-12-31/h5-8,15-16,18,20H,2-4,9-14H2,1H3. The van der Waals surface area contributed by atoms with E-state index >= 15 is 0 Å². The second kappa shape index (κ2) is 9.54. The van der Waals surface area contributed by atoms with E-state index in [4.69, 9.17) is 23.2 Å². The fraction of sp³-hybridized carbons (Fsp3) is 0.462. The van der Waals surface area contributed by atoms with Crippen LogP contribution < -0.4 is 4.90 Å². The molecule has 1 aromatic heterocycles. The van der Waals surface area contributed by atoms with Gasteiger partial charge in [0.15, 0.2) is 5.69 Å². The number of fused-ring (bicyclic) bond motifs is 1. The Labute approximate surface area is 205 Å². The molecule has 3 heterocycles. The number of likely N-dealkylation sites (tertiary alicyclic amines) is 1. The fourth-order valence-electron chi connectivity index (χ4n) is 5.44. The highest BCUT2D eigenvalue weighted by Crippen LogP contribution is 2.33. The zero-order valence-electron chi connectivity index (χ0n) is 19.0. The average Bonchev–Trinajstić information content (AvgIpc) is 3.22. The highest BCUT2D eigenvalue weighted by atomic mass is 35.5. The van der Waals surface area contributed by atoms with Crippen LogP contribution in [-0.2, 0) is 0 Å². The van der Waals surface area contributed by atoms with Crippen molar-refractivity contribution in [3.63, 3.8) is 0 Å². The van der Waals surface area contributed by atoms with Crippen LogP contribution in [0.4, 0.5) is 5.69 Å². The Kier molecular flexibility index (Phi) is 6.51. The summed E-state index contributed by atoms with van der Waals surface area (Å²) in [5.41, 5.74) is 3.53. The lowest BCUT2D eigenvalue weighted by Gasteiger charge is -2.41. The predicted octanol–water partition coefficient (Wildman–Crippen LogP) is 6.28. The number of halogens is 2. The molecule has 0 aliphatic carbocycles. The van der Waals surface area contributed by atoms with Crippen molar-refractivity contribution in [3.8, 4) is 6.07 Å². The molecule has 0 amide bonds. The van der Waals surface area contributed by atoms with E-state index in [1.165, 1.54) is 50.9 Å². The van der Waals surface area contributed by atoms with Gasteiger partial charge in [-0.2, -0.15) is 10.4 Å². The number of nitriles is 1. The Hall–Kier alpha value is -2.26. The number of piperidine rings is 2. The number of rotatable bonds is 4. The Morgan fingerprint density at radius 2 is 1.76 bits per heavy atom. The van der Waals surface area contributed by atoms with Gasteiger partial charge in [0.2, 0.25) is 0 Å². The molecule has 0 radical (unpaired) electrons. The monoisotopic (exact) mass is 481 g/mol. The topological polar surface area (TPSA) is 48.1 Å². The van der Waals surface area contributed by atoms with E-state index in [9.17, 15) is 5.26 Å². The number of benzene rings is 2. The van der Waals surface area contributed by atoms with Crippen molar-refractivity contribution in [1.82, 2.24) is 14.7 Å². The van der Waals surface area contributed by atoms with Gasteiger partial charge in [-0.1, -0.05) is 35.7 Å². The highest BCUT2D eigenvalue weighted by molar-refractivity contribution is 6.35. The van der Waals surface area contributed by atoms with Crippen LogP contribution in [0.5, 0.6) is 0 Å². The zero-order valence-corrected chi connectivity index (χ0v) is 20.5. The van der Waals surface area contributed by atoms with Gasteiger partial charge in [-0.25, -0.2) is 0 Å². The molecule has 0 N–H and O–H groups in total. The van der Waals surface area contributed by atoms with Gasteiger partial charge in [0, 0.05) is 40.3 Å². The van der Waals surface area contributed by atoms with Crippen molar-refractivity contribution in [2.24, 2.45) is 0 Å². The Morgan fingerprint density at radius 1 is 1.00 bits per heavy atom. The van der Waals surface area contributed by atoms with Crippen LogP contribution in [0, 0.1) is 11.3 Å². The maximum Gasteiger partial charge on any atom is 0.170 e. The molecule has 2 fully saturated rings. The summed E-state index contributed by atoms with van der Waals surface area (Å²) in [6.45, 7) is 6.70. The summed E-state index contributed by atoms with van der Waals surface area (Å²) in [5, 5.41) is 16.4. The van der Waals surface area contributed by atoms with E-state index in [1.807, 2.05) is 22.9 Å². The molecule has 7 heteroatoms. The van der Waals surface area contributed by atoms with Gasteiger partial charge >= 0.3 is 0 Å². The van der Waals surface area contributed by atoms with Gasteiger partial charge in [0.1, 0.15) is 6.07 Å². The molecule has 33 heavy (non-hydrogen) atoms. The summed E-state index contributed by atoms with van der Waals surface area (Å²) < 4.78 is 1.92. The van der Waals surface area contributed by atoms with Crippen LogP contribution in [0.1, 0.15) is 56.3 Å². The number of nitrogens with zero attached hydrogens (tertiary/aromatic N) is 5. The molecule has 0 spiro atoms. The lowest BCUT2D eigenvalue weighted by molar-refractivity contribution is 0.141. The molecule has 2 aliphatic heterocycles. The molecule has 1 unspecified atom stereocenters. The second-order valence-electron chi connectivity index (χ2n) is 9.26. The fourth-order valence-corrected chi connectivity index (χ4v) is 6.01. The summed E-state index contributed by atoms with van der Waals surface area (Å²) >= 11 is 12.6. The number of anilines is 1. The van der Waals surface area contributed by atoms with E-state index in [1.54, 1.807) is 6.07 Å². The van der Waals surface area contributed by atoms with Crippen molar-refractivity contribution in [2.45, 2.75) is 51.1 Å². The van der Waals surface area contributed by atoms with Crippen LogP contribution in [0.25, 0.3) is 10.9 Å². The first kappa shape index (κ1) is 22.5. The van der Waals surface area contributed by atoms with Gasteiger partial charge in [0.25, 0.3) is 0 Å². The van der Waals surface area contributed by atoms with Crippen LogP contribution in [-0.4, -0.2) is 46.9 Å². The molecule has 0 saturated carbocycles. The highest BCUT2D eigenvalue weighted by Gasteiger charge is 2.26. The number of aromatic nitrogens is 2. The van der Waals surface area contributed by atoms with Gasteiger partial charge in [-0.15, -0.1) is 0 Å². The van der Waals surface area contributed by atoms with Crippen LogP contribution >= 0.6 is 23.2 Å². The molecule has 0 bridgehead atoms. The molecule has 172 valence electrons. The Morgan fingerprint density at radius 3 is 2.45 bits per heavy atom. The van der Waals surface area contributed by atoms with Crippen molar-refractivity contribution >= 4 is 39.8 Å². The van der Waals surface area contributed by atoms with Crippen LogP contribution in [0.15, 0.2) is 36.4 Å². The summed E-state index contributed by atoms with van der Waals surface area (Å²) in [5.74, 6) is 0. The molecule has 3 aromatic rings. The minimum atomic E-state index is -0.126. The van der Waals surface area contributed by atoms with Gasteiger partial charge in [-0.3, -0.25) is 4.68 Å². The third kappa shape index (κ3) is 4.45. The Bertz CT molecular complexity index is 1180. The van der Waals surface area contributed by atoms with Gasteiger partial charge in [-0.05, 0) is 81.6 Å². The third-order valence-corrected chi connectivity index (χ3v) is 7.88. The van der Waals surface area contributed by atoms with E-state index in [0.717, 1.165) is 29.6 Å². The van der Waals surface area contributed by atoms with Crippen LogP contribution in [0.3, 0.4) is 0 Å². The number of hydrogen-bond donors (Lipinski definition) is 0. The summed E-state index contributed by atoms with van der Waals surface area (Å²) in [4.78, 5) is 5.18. The molecule has 2 aromatic carbocycles. The first-order valence-corrected chi connectivity index (χ1v) is 12.7. The van der Waals surface area contributed by atoms with E-state index in [2.05, 4.69) is 40.0 Å². The maximum absolute atomic E-state index is 9.68. The van der Waals surface area contributed by atoms with Gasteiger partial charge in [0.05, 0.1) is 11.6 Å². The molecule has 1 atom stereocenters. The lowest BCUT2D eigenvalue weighted by atomic mass is 9.99. The molecule has 2 aliphatic rings. The smallest absolute Gasteiger partial charge is 0.170 e. The largest absolute Gasteiger partial charge is 0.371 e. The van der Waals surface area contributed by atoms with E-state index in [0.29, 0.717) is 21.8 Å². The average molecular weight is 482 g/mol. The summed E-state index contributed by atoms with van der Waals surface area (Å²) in [6, 6.07) is 14.7. The summed E-state index contributed by atoms with van der Waals surface area (Å²) in [6.07, 6.45) is 6.48. The first-order valence-electron chi connectivity index (χ1n) is 11.9. The maximum atomic E-state index is 9.68. The number of hydrogen-bond acceptors (Lipinski definition) is 4. The van der Waals surface area contributed by atoms with Crippen molar-refractivity contribution in [2.75, 3.05) is 31.1 Å². The van der Waals surface area contributed by atoms with Crippen molar-refractivity contribution in [1.29, 1.82) is 5.26 Å². The lowest BCUT2D eigenvalue weighted by Crippen LogP contribution is -2.46. The van der Waals surface area contributed by atoms with Gasteiger partial charge < -0.3 is 9.80 Å². The minimum absolute atomic E-state index is 0.126. The van der Waals surface area contributed by atoms with Crippen LogP contribution in [0.2, 0.25) is 10.0 Å². The predicted molar refractivity (Wildman–Crippen MR) is 135 cm³/mol. The molecule has 5 rings (SSSR count). The van der Waals surface area contributed by atoms with E-state index < -0.39 is 0 Å².